The predicted octanol–water partition coefficient (Wildman–Crippen LogP) is 5.76. The molecule has 0 bridgehead atoms. The highest BCUT2D eigenvalue weighted by Crippen LogP contribution is 2.37. The van der Waals surface area contributed by atoms with Crippen LogP contribution in [0.5, 0.6) is 0 Å². The number of alkyl halides is 6. The van der Waals surface area contributed by atoms with Crippen LogP contribution in [0, 0.1) is 0 Å². The Bertz CT molecular complexity index is 1240. The van der Waals surface area contributed by atoms with Crippen LogP contribution in [-0.4, -0.2) is 57.7 Å². The van der Waals surface area contributed by atoms with Crippen molar-refractivity contribution in [2.75, 3.05) is 28.3 Å². The summed E-state index contributed by atoms with van der Waals surface area (Å²) in [4.78, 5) is 38.1. The highest BCUT2D eigenvalue weighted by molar-refractivity contribution is 6.09. The van der Waals surface area contributed by atoms with Gasteiger partial charge in [0.1, 0.15) is 17.3 Å². The third-order valence-corrected chi connectivity index (χ3v) is 5.51. The fourth-order valence-corrected chi connectivity index (χ4v) is 3.80. The number of carbonyl (C=O) groups excluding carboxylic acids is 3. The molecule has 13 heteroatoms. The van der Waals surface area contributed by atoms with Crippen molar-refractivity contribution in [3.63, 3.8) is 0 Å². The zero-order chi connectivity index (χ0) is 30.8. The first kappa shape index (κ1) is 32.6. The molecule has 2 rings (SSSR count). The molecule has 1 unspecified atom stereocenters. The van der Waals surface area contributed by atoms with Crippen LogP contribution < -0.4 is 9.80 Å². The molecule has 1 atom stereocenters. The molecular weight excluding hydrogens is 546 g/mol. The van der Waals surface area contributed by atoms with Crippen molar-refractivity contribution in [3.05, 3.63) is 64.2 Å². The smallest absolute Gasteiger partial charge is 0.416 e. The van der Waals surface area contributed by atoms with E-state index in [1.165, 1.54) is 18.2 Å². The summed E-state index contributed by atoms with van der Waals surface area (Å²) in [5, 5.41) is 2.40. The minimum absolute atomic E-state index is 0.0638. The molecule has 0 aromatic heterocycles. The summed E-state index contributed by atoms with van der Waals surface area (Å²) in [7, 11) is 6.38. The lowest BCUT2D eigenvalue weighted by Crippen LogP contribution is -2.46. The van der Waals surface area contributed by atoms with E-state index in [1.54, 1.807) is 41.9 Å². The van der Waals surface area contributed by atoms with Crippen LogP contribution in [-0.2, 0) is 33.0 Å². The standard InChI is InChI=1S/C27H30F6N2O5/c1-25(2,3)40-24(38)34-20(23(37)39-7)13-16-10-15(8-9-21(16)35(4,5)6)22(36)17-11-18(26(28,29)30)14-19(12-17)27(31,32)33/h8-12,14,20H,13H2,1-7H3/p+1. The highest BCUT2D eigenvalue weighted by atomic mass is 19.4. The number of ether oxygens (including phenoxy) is 2. The number of rotatable bonds is 7. The van der Waals surface area contributed by atoms with E-state index in [0.29, 0.717) is 23.4 Å². The normalized spacial score (nSPS) is 13.4. The van der Waals surface area contributed by atoms with E-state index in [4.69, 9.17) is 9.47 Å². The number of nitrogens with one attached hydrogen (secondary N) is 1. The largest absolute Gasteiger partial charge is 0.467 e. The Hall–Kier alpha value is -3.61. The first-order valence-electron chi connectivity index (χ1n) is 11.9. The number of methoxy groups -OCH3 is 1. The molecule has 220 valence electrons. The van der Waals surface area contributed by atoms with Gasteiger partial charge in [0.15, 0.2) is 5.78 Å². The van der Waals surface area contributed by atoms with E-state index >= 15 is 0 Å². The summed E-state index contributed by atoms with van der Waals surface area (Å²) in [6, 6.07) is 3.36. The first-order valence-corrected chi connectivity index (χ1v) is 11.9. The van der Waals surface area contributed by atoms with Crippen molar-refractivity contribution >= 4 is 23.5 Å². The zero-order valence-corrected chi connectivity index (χ0v) is 23.0. The number of alkyl carbamates (subject to hydrolysis) is 1. The molecule has 0 aliphatic carbocycles. The Morgan fingerprint density at radius 3 is 1.80 bits per heavy atom. The molecule has 7 nitrogen and oxygen atoms in total. The van der Waals surface area contributed by atoms with Crippen LogP contribution in [0.1, 0.15) is 53.4 Å². The topological polar surface area (TPSA) is 81.7 Å². The zero-order valence-electron chi connectivity index (χ0n) is 23.0. The summed E-state index contributed by atoms with van der Waals surface area (Å²) >= 11 is 0. The number of nitrogens with zero attached hydrogens (tertiary/aromatic N) is 1. The Morgan fingerprint density at radius 2 is 1.38 bits per heavy atom. The third-order valence-electron chi connectivity index (χ3n) is 5.51. The summed E-state index contributed by atoms with van der Waals surface area (Å²) in [5.74, 6) is -1.94. The monoisotopic (exact) mass is 577 g/mol. The average molecular weight is 578 g/mol. The SMILES string of the molecule is COC(=O)C(Cc1cc(C(=O)c2cc(C(F)(F)F)cc(C(F)(F)F)c2)ccc1[N+](C)(C)C)NC(=O)OC(C)(C)C. The lowest BCUT2D eigenvalue weighted by molar-refractivity contribution is -0.144. The van der Waals surface area contributed by atoms with Gasteiger partial charge in [0.25, 0.3) is 0 Å². The van der Waals surface area contributed by atoms with E-state index in [0.717, 1.165) is 7.11 Å². The van der Waals surface area contributed by atoms with Gasteiger partial charge in [-0.05, 0) is 51.1 Å². The molecule has 0 saturated carbocycles. The lowest BCUT2D eigenvalue weighted by atomic mass is 9.94. The van der Waals surface area contributed by atoms with Gasteiger partial charge in [0.2, 0.25) is 0 Å². The molecule has 0 aliphatic rings. The number of amides is 1. The van der Waals surface area contributed by atoms with Gasteiger partial charge in [0, 0.05) is 29.2 Å². The van der Waals surface area contributed by atoms with Crippen molar-refractivity contribution < 1.29 is 50.2 Å². The second kappa shape index (κ2) is 11.5. The highest BCUT2D eigenvalue weighted by Gasteiger charge is 2.38. The van der Waals surface area contributed by atoms with E-state index in [-0.39, 0.29) is 22.5 Å². The summed E-state index contributed by atoms with van der Waals surface area (Å²) in [5.41, 5.74) is -4.31. The Labute approximate surface area is 227 Å². The van der Waals surface area contributed by atoms with Crippen LogP contribution >= 0.6 is 0 Å². The van der Waals surface area contributed by atoms with Gasteiger partial charge in [-0.1, -0.05) is 0 Å². The van der Waals surface area contributed by atoms with Crippen molar-refractivity contribution in [2.45, 2.75) is 51.2 Å². The van der Waals surface area contributed by atoms with Gasteiger partial charge in [-0.2, -0.15) is 26.3 Å². The van der Waals surface area contributed by atoms with E-state index in [2.05, 4.69) is 5.32 Å². The maximum absolute atomic E-state index is 13.3. The van der Waals surface area contributed by atoms with Crippen LogP contribution in [0.15, 0.2) is 36.4 Å². The van der Waals surface area contributed by atoms with Gasteiger partial charge in [-0.25, -0.2) is 9.59 Å². The number of quaternary nitrogens is 1. The Morgan fingerprint density at radius 1 is 0.850 bits per heavy atom. The van der Waals surface area contributed by atoms with Crippen LogP contribution in [0.3, 0.4) is 0 Å². The molecule has 0 heterocycles. The number of ketones is 1. The molecule has 2 aromatic rings. The summed E-state index contributed by atoms with van der Waals surface area (Å²) in [6.45, 7) is 4.84. The Balaban J connectivity index is 2.61. The maximum atomic E-state index is 13.3. The van der Waals surface area contributed by atoms with E-state index in [9.17, 15) is 40.7 Å². The number of hydrogen-bond acceptors (Lipinski definition) is 5. The van der Waals surface area contributed by atoms with Gasteiger partial charge >= 0.3 is 24.4 Å². The third kappa shape index (κ3) is 8.70. The fourth-order valence-electron chi connectivity index (χ4n) is 3.80. The van der Waals surface area contributed by atoms with Crippen LogP contribution in [0.2, 0.25) is 0 Å². The van der Waals surface area contributed by atoms with Gasteiger partial charge in [-0.15, -0.1) is 0 Å². The van der Waals surface area contributed by atoms with Gasteiger partial charge in [0.05, 0.1) is 39.4 Å². The second-order valence-corrected chi connectivity index (χ2v) is 10.9. The average Bonchev–Trinajstić information content (AvgIpc) is 2.79. The molecule has 2 aromatic carbocycles. The van der Waals surface area contributed by atoms with Crippen molar-refractivity contribution in [1.29, 1.82) is 0 Å². The molecule has 0 radical (unpaired) electrons. The van der Waals surface area contributed by atoms with Crippen molar-refractivity contribution in [2.24, 2.45) is 0 Å². The van der Waals surface area contributed by atoms with Crippen molar-refractivity contribution in [3.8, 4) is 0 Å². The molecular formula is C27H31F6N2O5+. The molecule has 0 aliphatic heterocycles. The van der Waals surface area contributed by atoms with Gasteiger partial charge < -0.3 is 14.8 Å². The number of esters is 1. The minimum Gasteiger partial charge on any atom is -0.467 e. The van der Waals surface area contributed by atoms with E-state index in [1.807, 2.05) is 0 Å². The quantitative estimate of drug-likeness (QED) is 0.196. The second-order valence-electron chi connectivity index (χ2n) is 10.9. The summed E-state index contributed by atoms with van der Waals surface area (Å²) in [6.07, 6.45) is -11.4. The predicted molar refractivity (Wildman–Crippen MR) is 135 cm³/mol. The van der Waals surface area contributed by atoms with Crippen molar-refractivity contribution in [1.82, 2.24) is 9.80 Å². The van der Waals surface area contributed by atoms with Crippen LogP contribution in [0.25, 0.3) is 0 Å². The van der Waals surface area contributed by atoms with E-state index < -0.39 is 58.5 Å². The number of hydrogen-bond donors (Lipinski definition) is 1. The molecule has 1 N–H and O–H groups in total. The molecule has 1 amide bonds. The lowest BCUT2D eigenvalue weighted by Gasteiger charge is -2.28. The maximum Gasteiger partial charge on any atom is 0.416 e. The molecule has 0 saturated heterocycles. The molecule has 0 fully saturated rings. The molecule has 0 spiro atoms. The number of benzene rings is 2. The van der Waals surface area contributed by atoms with Gasteiger partial charge in [-0.3, -0.25) is 9.28 Å². The first-order chi connectivity index (χ1) is 18.0. The fraction of sp³-hybridized carbons (Fsp3) is 0.444. The number of halogens is 6. The van der Waals surface area contributed by atoms with Crippen LogP contribution in [0.4, 0.5) is 36.8 Å². The molecule has 40 heavy (non-hydrogen) atoms. The number of carbonyl (C=O) groups is 3. The minimum atomic E-state index is -5.13. The summed E-state index contributed by atoms with van der Waals surface area (Å²) < 4.78 is 90.2. The Kier molecular flexibility index (Phi) is 9.35.